The van der Waals surface area contributed by atoms with Crippen LogP contribution in [0.25, 0.3) is 0 Å². The molecule has 4 rings (SSSR count). The van der Waals surface area contributed by atoms with E-state index in [4.69, 9.17) is 4.74 Å². The highest BCUT2D eigenvalue weighted by Crippen LogP contribution is 2.20. The van der Waals surface area contributed by atoms with Gasteiger partial charge in [0.1, 0.15) is 17.6 Å². The minimum atomic E-state index is -3.92. The van der Waals surface area contributed by atoms with Crippen molar-refractivity contribution in [2.45, 2.75) is 31.0 Å². The molecule has 0 spiro atoms. The van der Waals surface area contributed by atoms with Crippen molar-refractivity contribution in [3.8, 4) is 5.75 Å². The first-order valence-electron chi connectivity index (χ1n) is 12.7. The zero-order valence-electron chi connectivity index (χ0n) is 22.2. The summed E-state index contributed by atoms with van der Waals surface area (Å²) in [6.07, 6.45) is 3.27. The molecule has 1 unspecified atom stereocenters. The predicted molar refractivity (Wildman–Crippen MR) is 152 cm³/mol. The van der Waals surface area contributed by atoms with Crippen molar-refractivity contribution < 1.29 is 27.1 Å². The molecule has 1 atom stereocenters. The Morgan fingerprint density at radius 1 is 0.902 bits per heavy atom. The molecular weight excluding hydrogens is 547 g/mol. The molecule has 4 aromatic rings. The Balaban J connectivity index is 1.40. The number of aromatic nitrogens is 1. The molecule has 0 bridgehead atoms. The highest BCUT2D eigenvalue weighted by atomic mass is 32.2. The van der Waals surface area contributed by atoms with Crippen LogP contribution in [0.3, 0.4) is 0 Å². The molecule has 11 heteroatoms. The number of anilines is 1. The van der Waals surface area contributed by atoms with E-state index in [9.17, 15) is 22.4 Å². The van der Waals surface area contributed by atoms with Crippen molar-refractivity contribution in [3.63, 3.8) is 0 Å². The van der Waals surface area contributed by atoms with Crippen molar-refractivity contribution in [2.24, 2.45) is 0 Å². The maximum absolute atomic E-state index is 13.3. The van der Waals surface area contributed by atoms with Crippen LogP contribution >= 0.6 is 0 Å². The molecule has 212 valence electrons. The van der Waals surface area contributed by atoms with Crippen molar-refractivity contribution in [1.82, 2.24) is 15.2 Å². The Labute approximate surface area is 238 Å². The summed E-state index contributed by atoms with van der Waals surface area (Å²) in [4.78, 5) is 31.6. The largest absolute Gasteiger partial charge is 0.484 e. The van der Waals surface area contributed by atoms with Gasteiger partial charge in [-0.05, 0) is 78.7 Å². The lowest BCUT2D eigenvalue weighted by Crippen LogP contribution is -2.48. The molecule has 0 aliphatic carbocycles. The summed E-state index contributed by atoms with van der Waals surface area (Å²) in [6.45, 7) is 1.77. The lowest BCUT2D eigenvalue weighted by molar-refractivity contribution is -0.142. The van der Waals surface area contributed by atoms with Crippen LogP contribution < -0.4 is 14.8 Å². The van der Waals surface area contributed by atoms with Gasteiger partial charge in [0, 0.05) is 31.2 Å². The third-order valence-corrected chi connectivity index (χ3v) is 7.57. The summed E-state index contributed by atoms with van der Waals surface area (Å²) in [5.74, 6) is -0.954. The Bertz CT molecular complexity index is 1550. The number of rotatable bonds is 12. The Hall–Kier alpha value is -4.77. The first-order chi connectivity index (χ1) is 19.7. The lowest BCUT2D eigenvalue weighted by Gasteiger charge is -2.28. The quantitative estimate of drug-likeness (QED) is 0.262. The van der Waals surface area contributed by atoms with E-state index >= 15 is 0 Å². The lowest BCUT2D eigenvalue weighted by atomic mass is 10.1. The third kappa shape index (κ3) is 8.36. The van der Waals surface area contributed by atoms with Crippen molar-refractivity contribution in [3.05, 3.63) is 120 Å². The van der Waals surface area contributed by atoms with Crippen LogP contribution in [-0.2, 0) is 32.7 Å². The topological polar surface area (TPSA) is 118 Å². The summed E-state index contributed by atoms with van der Waals surface area (Å²) in [7, 11) is -3.92. The second-order valence-electron chi connectivity index (χ2n) is 9.13. The van der Waals surface area contributed by atoms with Gasteiger partial charge in [-0.3, -0.25) is 19.3 Å². The summed E-state index contributed by atoms with van der Waals surface area (Å²) in [5.41, 5.74) is 1.94. The monoisotopic (exact) mass is 576 g/mol. The molecule has 0 fully saturated rings. The van der Waals surface area contributed by atoms with Crippen molar-refractivity contribution in [1.29, 1.82) is 0 Å². The number of carbonyl (C=O) groups is 2. The van der Waals surface area contributed by atoms with E-state index in [0.717, 1.165) is 23.3 Å². The predicted octanol–water partition coefficient (Wildman–Crippen LogP) is 4.13. The molecule has 2 amide bonds. The van der Waals surface area contributed by atoms with Crippen LogP contribution in [0.15, 0.2) is 108 Å². The van der Waals surface area contributed by atoms with Gasteiger partial charge < -0.3 is 15.0 Å². The summed E-state index contributed by atoms with van der Waals surface area (Å²) < 4.78 is 46.5. The highest BCUT2D eigenvalue weighted by molar-refractivity contribution is 7.92. The number of hydrogen-bond acceptors (Lipinski definition) is 6. The van der Waals surface area contributed by atoms with E-state index < -0.39 is 27.8 Å². The van der Waals surface area contributed by atoms with E-state index in [-0.39, 0.29) is 35.4 Å². The molecule has 0 saturated heterocycles. The number of hydrogen-bond donors (Lipinski definition) is 2. The zero-order chi connectivity index (χ0) is 29.2. The van der Waals surface area contributed by atoms with Crippen molar-refractivity contribution >= 4 is 27.5 Å². The molecule has 0 aliphatic heterocycles. The number of amides is 2. The van der Waals surface area contributed by atoms with Gasteiger partial charge in [0.15, 0.2) is 6.61 Å². The van der Waals surface area contributed by atoms with Gasteiger partial charge in [-0.2, -0.15) is 0 Å². The molecular formula is C30H29FN4O5S. The number of ether oxygens (including phenoxy) is 1. The number of pyridine rings is 1. The maximum Gasteiger partial charge on any atom is 0.261 e. The van der Waals surface area contributed by atoms with Gasteiger partial charge >= 0.3 is 0 Å². The number of carbonyl (C=O) groups excluding carboxylic acids is 2. The minimum Gasteiger partial charge on any atom is -0.484 e. The molecule has 2 N–H and O–H groups in total. The SMILES string of the molecule is CC(C(=O)NCc1ccncc1)N(Cc1ccccc1)C(=O)COc1ccc(S(=O)(=O)Nc2ccc(F)cc2)cc1. The maximum atomic E-state index is 13.3. The number of benzene rings is 3. The number of halogens is 1. The first kappa shape index (κ1) is 29.2. The first-order valence-corrected chi connectivity index (χ1v) is 14.2. The average Bonchev–Trinajstić information content (AvgIpc) is 2.99. The highest BCUT2D eigenvalue weighted by Gasteiger charge is 2.26. The summed E-state index contributed by atoms with van der Waals surface area (Å²) >= 11 is 0. The van der Waals surface area contributed by atoms with Gasteiger partial charge in [0.2, 0.25) is 5.91 Å². The molecule has 1 aromatic heterocycles. The Morgan fingerprint density at radius 2 is 1.56 bits per heavy atom. The van der Waals surface area contributed by atoms with Gasteiger partial charge in [-0.15, -0.1) is 0 Å². The fourth-order valence-corrected chi connectivity index (χ4v) is 4.93. The van der Waals surface area contributed by atoms with E-state index in [0.29, 0.717) is 6.54 Å². The van der Waals surface area contributed by atoms with E-state index in [1.807, 2.05) is 30.3 Å². The molecule has 0 aliphatic rings. The molecule has 0 saturated carbocycles. The number of sulfonamides is 1. The molecule has 41 heavy (non-hydrogen) atoms. The van der Waals surface area contributed by atoms with Gasteiger partial charge in [0.05, 0.1) is 4.90 Å². The van der Waals surface area contributed by atoms with Crippen LogP contribution in [0.2, 0.25) is 0 Å². The normalized spacial score (nSPS) is 11.8. The zero-order valence-corrected chi connectivity index (χ0v) is 23.1. The summed E-state index contributed by atoms with van der Waals surface area (Å²) in [5, 5.41) is 2.85. The second-order valence-corrected chi connectivity index (χ2v) is 10.8. The van der Waals surface area contributed by atoms with Crippen LogP contribution in [0.4, 0.5) is 10.1 Å². The van der Waals surface area contributed by atoms with Crippen LogP contribution in [0.5, 0.6) is 5.75 Å². The fraction of sp³-hybridized carbons (Fsp3) is 0.167. The Morgan fingerprint density at radius 3 is 2.22 bits per heavy atom. The van der Waals surface area contributed by atoms with Crippen LogP contribution in [0, 0.1) is 5.82 Å². The molecule has 0 radical (unpaired) electrons. The van der Waals surface area contributed by atoms with E-state index in [1.54, 1.807) is 31.5 Å². The fourth-order valence-electron chi connectivity index (χ4n) is 3.88. The van der Waals surface area contributed by atoms with Gasteiger partial charge in [0.25, 0.3) is 15.9 Å². The second kappa shape index (κ2) is 13.5. The number of nitrogens with zero attached hydrogens (tertiary/aromatic N) is 2. The van der Waals surface area contributed by atoms with Gasteiger partial charge in [-0.25, -0.2) is 12.8 Å². The van der Waals surface area contributed by atoms with Gasteiger partial charge in [-0.1, -0.05) is 30.3 Å². The molecule has 3 aromatic carbocycles. The van der Waals surface area contributed by atoms with Crippen LogP contribution in [0.1, 0.15) is 18.1 Å². The minimum absolute atomic E-state index is 0.0364. The smallest absolute Gasteiger partial charge is 0.261 e. The standard InChI is InChI=1S/C30H29FN4O5S/c1-22(30(37)33-19-23-15-17-32-18-16-23)35(20-24-5-3-2-4-6-24)29(36)21-40-27-11-13-28(14-12-27)41(38,39)34-26-9-7-25(31)8-10-26/h2-18,22,34H,19-21H2,1H3,(H,33,37). The molecule has 1 heterocycles. The summed E-state index contributed by atoms with van der Waals surface area (Å²) in [6, 6.07) is 22.5. The third-order valence-electron chi connectivity index (χ3n) is 6.17. The van der Waals surface area contributed by atoms with E-state index in [1.165, 1.54) is 41.3 Å². The number of nitrogens with one attached hydrogen (secondary N) is 2. The van der Waals surface area contributed by atoms with Crippen molar-refractivity contribution in [2.75, 3.05) is 11.3 Å². The Kier molecular flexibility index (Phi) is 9.64. The molecule has 9 nitrogen and oxygen atoms in total. The van der Waals surface area contributed by atoms with E-state index in [2.05, 4.69) is 15.0 Å². The average molecular weight is 577 g/mol. The van der Waals surface area contributed by atoms with Crippen LogP contribution in [-0.4, -0.2) is 42.8 Å².